The lowest BCUT2D eigenvalue weighted by atomic mass is 10.0. The van der Waals surface area contributed by atoms with Crippen LogP contribution in [0, 0.1) is 5.92 Å². The van der Waals surface area contributed by atoms with E-state index in [-0.39, 0.29) is 0 Å². The monoisotopic (exact) mass is 109 g/mol. The molecule has 44 valence electrons. The fourth-order valence-corrected chi connectivity index (χ4v) is 1.82. The van der Waals surface area contributed by atoms with Crippen molar-refractivity contribution in [3.63, 3.8) is 0 Å². The Hall–Kier alpha value is -0.330. The lowest BCUT2D eigenvalue weighted by molar-refractivity contribution is 0.536. The normalized spacial score (nSPS) is 43.0. The van der Waals surface area contributed by atoms with Crippen LogP contribution in [0.4, 0.5) is 0 Å². The Balaban J connectivity index is 2.13. The molecule has 2 rings (SSSR count). The molecule has 0 aromatic rings. The minimum absolute atomic E-state index is 0.745. The predicted octanol–water partition coefficient (Wildman–Crippen LogP) is 1.63. The molecule has 0 spiro atoms. The Kier molecular flexibility index (Phi) is 0.893. The third-order valence-electron chi connectivity index (χ3n) is 2.32. The maximum atomic E-state index is 4.37. The zero-order valence-corrected chi connectivity index (χ0v) is 5.01. The summed E-state index contributed by atoms with van der Waals surface area (Å²) in [6.45, 7) is 0. The molecule has 2 aliphatic rings. The first kappa shape index (κ1) is 4.54. The van der Waals surface area contributed by atoms with Crippen LogP contribution in [-0.4, -0.2) is 12.3 Å². The second-order valence-corrected chi connectivity index (χ2v) is 2.83. The Morgan fingerprint density at radius 3 is 3.25 bits per heavy atom. The van der Waals surface area contributed by atoms with Crippen molar-refractivity contribution in [2.24, 2.45) is 10.9 Å². The summed E-state index contributed by atoms with van der Waals surface area (Å²) in [7, 11) is 0. The molecular weight excluding hydrogens is 98.1 g/mol. The fraction of sp³-hybridized carbons (Fsp3) is 0.857. The molecule has 1 nitrogen and oxygen atoms in total. The van der Waals surface area contributed by atoms with E-state index in [4.69, 9.17) is 0 Å². The van der Waals surface area contributed by atoms with Crippen molar-refractivity contribution < 1.29 is 0 Å². The zero-order valence-electron chi connectivity index (χ0n) is 5.01. The Bertz CT molecular complexity index is 118. The van der Waals surface area contributed by atoms with Crippen molar-refractivity contribution in [3.05, 3.63) is 0 Å². The van der Waals surface area contributed by atoms with E-state index in [1.807, 2.05) is 0 Å². The average Bonchev–Trinajstić information content (AvgIpc) is 2.15. The number of rotatable bonds is 0. The van der Waals surface area contributed by atoms with Gasteiger partial charge in [-0.1, -0.05) is 6.42 Å². The lowest BCUT2D eigenvalue weighted by Gasteiger charge is -2.02. The van der Waals surface area contributed by atoms with Crippen LogP contribution >= 0.6 is 0 Å². The summed E-state index contributed by atoms with van der Waals surface area (Å²) in [5.41, 5.74) is 0. The zero-order chi connectivity index (χ0) is 5.40. The van der Waals surface area contributed by atoms with Gasteiger partial charge in [0.25, 0.3) is 0 Å². The highest BCUT2D eigenvalue weighted by Crippen LogP contribution is 2.33. The summed E-state index contributed by atoms with van der Waals surface area (Å²) in [4.78, 5) is 4.37. The van der Waals surface area contributed by atoms with Gasteiger partial charge in [0.2, 0.25) is 0 Å². The first-order valence-electron chi connectivity index (χ1n) is 3.48. The van der Waals surface area contributed by atoms with E-state index in [0.29, 0.717) is 0 Å². The second kappa shape index (κ2) is 1.57. The molecule has 8 heavy (non-hydrogen) atoms. The van der Waals surface area contributed by atoms with Crippen LogP contribution in [-0.2, 0) is 0 Å². The van der Waals surface area contributed by atoms with Gasteiger partial charge in [0.1, 0.15) is 0 Å². The Morgan fingerprint density at radius 1 is 1.38 bits per heavy atom. The minimum atomic E-state index is 0.745. The quantitative estimate of drug-likeness (QED) is 0.448. The van der Waals surface area contributed by atoms with Gasteiger partial charge in [0, 0.05) is 0 Å². The molecule has 1 saturated carbocycles. The van der Waals surface area contributed by atoms with Gasteiger partial charge in [-0.15, -0.1) is 0 Å². The standard InChI is InChI=1S/C7H11N/c1-2-6-4-5-8-7(6)3-1/h5-7H,1-4H2/t6-,7-/m1/s1. The van der Waals surface area contributed by atoms with Crippen molar-refractivity contribution in [3.8, 4) is 0 Å². The molecule has 1 fully saturated rings. The molecule has 0 radical (unpaired) electrons. The highest BCUT2D eigenvalue weighted by Gasteiger charge is 2.28. The van der Waals surface area contributed by atoms with E-state index >= 15 is 0 Å². The largest absolute Gasteiger partial charge is 0.294 e. The van der Waals surface area contributed by atoms with E-state index in [1.54, 1.807) is 0 Å². The van der Waals surface area contributed by atoms with Gasteiger partial charge in [-0.05, 0) is 31.4 Å². The summed E-state index contributed by atoms with van der Waals surface area (Å²) in [5, 5.41) is 0. The molecule has 1 aliphatic carbocycles. The molecule has 0 aromatic heterocycles. The van der Waals surface area contributed by atoms with Crippen LogP contribution in [0.1, 0.15) is 25.7 Å². The summed E-state index contributed by atoms with van der Waals surface area (Å²) in [5.74, 6) is 0.954. The molecule has 0 amide bonds. The molecule has 0 bridgehead atoms. The van der Waals surface area contributed by atoms with Crippen LogP contribution in [0.3, 0.4) is 0 Å². The summed E-state index contributed by atoms with van der Waals surface area (Å²) in [6, 6.07) is 0.745. The Morgan fingerprint density at radius 2 is 2.38 bits per heavy atom. The van der Waals surface area contributed by atoms with Crippen molar-refractivity contribution in [1.29, 1.82) is 0 Å². The fourth-order valence-electron chi connectivity index (χ4n) is 1.82. The van der Waals surface area contributed by atoms with Gasteiger partial charge in [-0.3, -0.25) is 4.99 Å². The smallest absolute Gasteiger partial charge is 0.0527 e. The van der Waals surface area contributed by atoms with Gasteiger partial charge in [0.15, 0.2) is 0 Å². The van der Waals surface area contributed by atoms with Gasteiger partial charge in [0.05, 0.1) is 6.04 Å². The van der Waals surface area contributed by atoms with Gasteiger partial charge < -0.3 is 0 Å². The molecule has 1 heterocycles. The van der Waals surface area contributed by atoms with Crippen molar-refractivity contribution in [2.45, 2.75) is 31.7 Å². The SMILES string of the molecule is C1=N[C@@H]2CCC[C@@H]2C1. The molecule has 1 aliphatic heterocycles. The summed E-state index contributed by atoms with van der Waals surface area (Å²) in [6.07, 6.45) is 7.59. The first-order valence-corrected chi connectivity index (χ1v) is 3.48. The first-order chi connectivity index (χ1) is 3.97. The topological polar surface area (TPSA) is 12.4 Å². The number of fused-ring (bicyclic) bond motifs is 1. The molecular formula is C7H11N. The lowest BCUT2D eigenvalue weighted by Crippen LogP contribution is -2.03. The van der Waals surface area contributed by atoms with E-state index in [0.717, 1.165) is 12.0 Å². The van der Waals surface area contributed by atoms with E-state index in [1.165, 1.54) is 25.7 Å². The van der Waals surface area contributed by atoms with Crippen molar-refractivity contribution in [2.75, 3.05) is 0 Å². The minimum Gasteiger partial charge on any atom is -0.294 e. The maximum Gasteiger partial charge on any atom is 0.0527 e. The molecule has 2 atom stereocenters. The highest BCUT2D eigenvalue weighted by molar-refractivity contribution is 5.60. The van der Waals surface area contributed by atoms with Crippen molar-refractivity contribution in [1.82, 2.24) is 0 Å². The van der Waals surface area contributed by atoms with Crippen LogP contribution in [0.25, 0.3) is 0 Å². The number of aliphatic imine (C=N–C) groups is 1. The molecule has 0 aromatic carbocycles. The maximum absolute atomic E-state index is 4.37. The third-order valence-corrected chi connectivity index (χ3v) is 2.32. The molecule has 0 saturated heterocycles. The van der Waals surface area contributed by atoms with E-state index < -0.39 is 0 Å². The van der Waals surface area contributed by atoms with Crippen LogP contribution in [0.5, 0.6) is 0 Å². The Labute approximate surface area is 49.8 Å². The van der Waals surface area contributed by atoms with Crippen molar-refractivity contribution >= 4 is 6.21 Å². The van der Waals surface area contributed by atoms with Crippen LogP contribution in [0.15, 0.2) is 4.99 Å². The predicted molar refractivity (Wildman–Crippen MR) is 34.2 cm³/mol. The number of nitrogens with zero attached hydrogens (tertiary/aromatic N) is 1. The van der Waals surface area contributed by atoms with Crippen LogP contribution < -0.4 is 0 Å². The summed E-state index contributed by atoms with van der Waals surface area (Å²) >= 11 is 0. The molecule has 0 unspecified atom stereocenters. The van der Waals surface area contributed by atoms with Gasteiger partial charge in [-0.2, -0.15) is 0 Å². The van der Waals surface area contributed by atoms with Gasteiger partial charge >= 0.3 is 0 Å². The highest BCUT2D eigenvalue weighted by atomic mass is 14.8. The third kappa shape index (κ3) is 0.504. The van der Waals surface area contributed by atoms with E-state index in [9.17, 15) is 0 Å². The molecule has 1 heteroatoms. The van der Waals surface area contributed by atoms with E-state index in [2.05, 4.69) is 11.2 Å². The van der Waals surface area contributed by atoms with Gasteiger partial charge in [-0.25, -0.2) is 0 Å². The number of hydrogen-bond donors (Lipinski definition) is 0. The summed E-state index contributed by atoms with van der Waals surface area (Å²) < 4.78 is 0. The second-order valence-electron chi connectivity index (χ2n) is 2.83. The average molecular weight is 109 g/mol. The number of hydrogen-bond acceptors (Lipinski definition) is 1. The molecule has 0 N–H and O–H groups in total. The van der Waals surface area contributed by atoms with Crippen LogP contribution in [0.2, 0.25) is 0 Å².